The van der Waals surface area contributed by atoms with Crippen LogP contribution in [0.15, 0.2) is 41.5 Å². The van der Waals surface area contributed by atoms with Crippen molar-refractivity contribution >= 4 is 39.2 Å². The lowest BCUT2D eigenvalue weighted by molar-refractivity contribution is 0.636. The van der Waals surface area contributed by atoms with Crippen LogP contribution in [0.25, 0.3) is 21.8 Å². The van der Waals surface area contributed by atoms with Crippen molar-refractivity contribution < 1.29 is 0 Å². The Morgan fingerprint density at radius 1 is 1.29 bits per heavy atom. The zero-order valence-electron chi connectivity index (χ0n) is 15.7. The number of anilines is 1. The fourth-order valence-electron chi connectivity index (χ4n) is 3.91. The molecule has 0 spiro atoms. The number of aryl methyl sites for hydroxylation is 1. The lowest BCUT2D eigenvalue weighted by Crippen LogP contribution is -2.26. The average molecular weight is 394 g/mol. The molecule has 1 saturated carbocycles. The molecule has 1 aromatic carbocycles. The lowest BCUT2D eigenvalue weighted by atomic mass is 10.0. The molecule has 5 rings (SSSR count). The molecule has 1 aliphatic carbocycles. The third kappa shape index (κ3) is 2.76. The molecule has 2 N–H and O–H groups in total. The van der Waals surface area contributed by atoms with Gasteiger partial charge in [-0.1, -0.05) is 29.8 Å². The van der Waals surface area contributed by atoms with Crippen LogP contribution in [0.1, 0.15) is 43.1 Å². The van der Waals surface area contributed by atoms with Crippen molar-refractivity contribution in [3.63, 3.8) is 0 Å². The van der Waals surface area contributed by atoms with Gasteiger partial charge in [0.15, 0.2) is 0 Å². The van der Waals surface area contributed by atoms with E-state index in [0.717, 1.165) is 40.3 Å². The number of benzene rings is 1. The molecule has 0 aliphatic heterocycles. The third-order valence-electron chi connectivity index (χ3n) is 5.42. The Balaban J connectivity index is 1.64. The van der Waals surface area contributed by atoms with Crippen LogP contribution in [0.2, 0.25) is 5.15 Å². The molecule has 28 heavy (non-hydrogen) atoms. The molecular formula is C21H20ClN5O. The Bertz CT molecular complexity index is 1270. The summed E-state index contributed by atoms with van der Waals surface area (Å²) in [7, 11) is 0. The topological polar surface area (TPSA) is 75.6 Å². The first-order valence-electron chi connectivity index (χ1n) is 9.43. The number of aromatic nitrogens is 4. The van der Waals surface area contributed by atoms with Crippen LogP contribution in [0.5, 0.6) is 0 Å². The fraction of sp³-hybridized carbons (Fsp3) is 0.286. The summed E-state index contributed by atoms with van der Waals surface area (Å²) >= 11 is 6.09. The minimum absolute atomic E-state index is 0.0965. The smallest absolute Gasteiger partial charge is 0.259 e. The van der Waals surface area contributed by atoms with Crippen molar-refractivity contribution in [2.24, 2.45) is 0 Å². The molecular weight excluding hydrogens is 374 g/mol. The molecule has 0 radical (unpaired) electrons. The molecule has 1 fully saturated rings. The maximum atomic E-state index is 13.3. The summed E-state index contributed by atoms with van der Waals surface area (Å²) in [6.07, 6.45) is 3.59. The Morgan fingerprint density at radius 2 is 2.11 bits per heavy atom. The minimum atomic E-state index is -0.106. The number of fused-ring (bicyclic) bond motifs is 2. The quantitative estimate of drug-likeness (QED) is 0.525. The summed E-state index contributed by atoms with van der Waals surface area (Å²) in [4.78, 5) is 24.9. The lowest BCUT2D eigenvalue weighted by Gasteiger charge is -2.21. The van der Waals surface area contributed by atoms with E-state index >= 15 is 0 Å². The molecule has 0 bridgehead atoms. The van der Waals surface area contributed by atoms with Gasteiger partial charge in [0, 0.05) is 11.7 Å². The van der Waals surface area contributed by atoms with Gasteiger partial charge in [0.05, 0.1) is 16.8 Å². The monoisotopic (exact) mass is 393 g/mol. The maximum Gasteiger partial charge on any atom is 0.259 e. The standard InChI is InChI=1S/C21H20ClN5O/c1-11-4-3-5-13-8-16(27(14-6-7-14)21(28)18(11)13)12(2)25-19-15-9-17(22)26-20(15)24-10-23-19/h3-5,8-10,12,14H,6-7H2,1-2H3,(H2,23,24,25,26)/t12-/m0/s1. The molecule has 1 aliphatic rings. The van der Waals surface area contributed by atoms with E-state index in [2.05, 4.69) is 33.3 Å². The molecule has 0 amide bonds. The number of rotatable bonds is 4. The van der Waals surface area contributed by atoms with Gasteiger partial charge in [-0.25, -0.2) is 9.97 Å². The largest absolute Gasteiger partial charge is 0.361 e. The highest BCUT2D eigenvalue weighted by atomic mass is 35.5. The van der Waals surface area contributed by atoms with Crippen molar-refractivity contribution in [3.05, 3.63) is 63.4 Å². The number of hydrogen-bond acceptors (Lipinski definition) is 4. The first-order chi connectivity index (χ1) is 13.5. The van der Waals surface area contributed by atoms with Crippen LogP contribution in [0, 0.1) is 6.92 Å². The number of nitrogens with one attached hydrogen (secondary N) is 2. The summed E-state index contributed by atoms with van der Waals surface area (Å²) in [6, 6.07) is 10.1. The van der Waals surface area contributed by atoms with Gasteiger partial charge in [-0.05, 0) is 49.8 Å². The average Bonchev–Trinajstić information content (AvgIpc) is 3.41. The Hall–Kier alpha value is -2.86. The van der Waals surface area contributed by atoms with Crippen molar-refractivity contribution in [1.29, 1.82) is 0 Å². The van der Waals surface area contributed by atoms with E-state index in [0.29, 0.717) is 16.6 Å². The van der Waals surface area contributed by atoms with Crippen molar-refractivity contribution in [2.45, 2.75) is 38.8 Å². The van der Waals surface area contributed by atoms with Crippen LogP contribution in [-0.4, -0.2) is 19.5 Å². The van der Waals surface area contributed by atoms with E-state index in [1.165, 1.54) is 6.33 Å². The summed E-state index contributed by atoms with van der Waals surface area (Å²) in [6.45, 7) is 4.05. The first-order valence-corrected chi connectivity index (χ1v) is 9.81. The Morgan fingerprint density at radius 3 is 2.89 bits per heavy atom. The second kappa shape index (κ2) is 6.34. The Kier molecular flexibility index (Phi) is 3.91. The number of pyridine rings is 1. The summed E-state index contributed by atoms with van der Waals surface area (Å²) in [5.41, 5.74) is 2.77. The number of hydrogen-bond donors (Lipinski definition) is 2. The van der Waals surface area contributed by atoms with Gasteiger partial charge < -0.3 is 14.9 Å². The molecule has 3 aromatic heterocycles. The molecule has 6 nitrogen and oxygen atoms in total. The van der Waals surface area contributed by atoms with E-state index in [1.807, 2.05) is 35.8 Å². The predicted molar refractivity (Wildman–Crippen MR) is 112 cm³/mol. The van der Waals surface area contributed by atoms with Crippen LogP contribution in [0.4, 0.5) is 5.82 Å². The highest BCUT2D eigenvalue weighted by Crippen LogP contribution is 2.37. The van der Waals surface area contributed by atoms with Crippen molar-refractivity contribution in [2.75, 3.05) is 5.32 Å². The van der Waals surface area contributed by atoms with E-state index in [-0.39, 0.29) is 17.6 Å². The normalized spacial score (nSPS) is 15.2. The number of nitrogens with zero attached hydrogens (tertiary/aromatic N) is 3. The van der Waals surface area contributed by atoms with E-state index in [9.17, 15) is 4.79 Å². The van der Waals surface area contributed by atoms with Gasteiger partial charge in [-0.15, -0.1) is 0 Å². The van der Waals surface area contributed by atoms with E-state index in [1.54, 1.807) is 0 Å². The highest BCUT2D eigenvalue weighted by Gasteiger charge is 2.29. The van der Waals surface area contributed by atoms with Crippen LogP contribution >= 0.6 is 11.6 Å². The summed E-state index contributed by atoms with van der Waals surface area (Å²) in [5, 5.41) is 6.59. The van der Waals surface area contributed by atoms with Gasteiger partial charge >= 0.3 is 0 Å². The number of H-pyrrole nitrogens is 1. The molecule has 0 saturated heterocycles. The zero-order valence-corrected chi connectivity index (χ0v) is 16.4. The van der Waals surface area contributed by atoms with Crippen molar-refractivity contribution in [1.82, 2.24) is 19.5 Å². The molecule has 1 atom stereocenters. The van der Waals surface area contributed by atoms with Crippen LogP contribution in [-0.2, 0) is 0 Å². The van der Waals surface area contributed by atoms with Gasteiger partial charge in [0.1, 0.15) is 22.9 Å². The zero-order chi connectivity index (χ0) is 19.4. The van der Waals surface area contributed by atoms with Gasteiger partial charge in [-0.3, -0.25) is 4.79 Å². The molecule has 3 heterocycles. The highest BCUT2D eigenvalue weighted by molar-refractivity contribution is 6.30. The predicted octanol–water partition coefficient (Wildman–Crippen LogP) is 4.74. The molecule has 142 valence electrons. The van der Waals surface area contributed by atoms with Crippen LogP contribution < -0.4 is 10.9 Å². The molecule has 4 aromatic rings. The van der Waals surface area contributed by atoms with Crippen LogP contribution in [0.3, 0.4) is 0 Å². The second-order valence-electron chi connectivity index (χ2n) is 7.48. The SMILES string of the molecule is Cc1cccc2cc([C@H](C)Nc3ncnc4[nH]c(Cl)cc34)n(C3CC3)c(=O)c12. The fourth-order valence-corrected chi connectivity index (χ4v) is 4.11. The number of halogens is 1. The number of aromatic amines is 1. The molecule has 7 heteroatoms. The first kappa shape index (κ1) is 17.3. The summed E-state index contributed by atoms with van der Waals surface area (Å²) < 4.78 is 1.97. The van der Waals surface area contributed by atoms with E-state index in [4.69, 9.17) is 11.6 Å². The Labute approximate surface area is 166 Å². The molecule has 0 unspecified atom stereocenters. The third-order valence-corrected chi connectivity index (χ3v) is 5.62. The minimum Gasteiger partial charge on any atom is -0.361 e. The van der Waals surface area contributed by atoms with Crippen molar-refractivity contribution in [3.8, 4) is 0 Å². The van der Waals surface area contributed by atoms with E-state index < -0.39 is 0 Å². The second-order valence-corrected chi connectivity index (χ2v) is 7.89. The summed E-state index contributed by atoms with van der Waals surface area (Å²) in [5.74, 6) is 0.694. The van der Waals surface area contributed by atoms with Gasteiger partial charge in [0.25, 0.3) is 5.56 Å². The van der Waals surface area contributed by atoms with Gasteiger partial charge in [-0.2, -0.15) is 0 Å². The maximum absolute atomic E-state index is 13.3. The van der Waals surface area contributed by atoms with Gasteiger partial charge in [0.2, 0.25) is 0 Å².